The van der Waals surface area contributed by atoms with Crippen molar-refractivity contribution in [3.8, 4) is 5.69 Å². The number of aromatic carboxylic acids is 1. The van der Waals surface area contributed by atoms with Crippen LogP contribution in [0.4, 0.5) is 0 Å². The Labute approximate surface area is 233 Å². The molecule has 9 nitrogen and oxygen atoms in total. The summed E-state index contributed by atoms with van der Waals surface area (Å²) < 4.78 is 26.3. The van der Waals surface area contributed by atoms with Crippen LogP contribution in [0, 0.1) is 28.6 Å². The van der Waals surface area contributed by atoms with E-state index in [1.54, 1.807) is 18.2 Å². The molecule has 8 rings (SSSR count). The number of carboxylic acid groups (broad SMARTS) is 1. The highest BCUT2D eigenvalue weighted by Gasteiger charge is 2.76. The molecule has 5 fully saturated rings. The fourth-order valence-electron chi connectivity index (χ4n) is 10.1. The van der Waals surface area contributed by atoms with Gasteiger partial charge >= 0.3 is 5.97 Å². The summed E-state index contributed by atoms with van der Waals surface area (Å²) in [4.78, 5) is 11.6. The molecule has 9 heteroatoms. The maximum atomic E-state index is 12.0. The molecule has 2 saturated heterocycles. The zero-order valence-electron chi connectivity index (χ0n) is 23.0. The van der Waals surface area contributed by atoms with Gasteiger partial charge in [0.2, 0.25) is 5.79 Å². The number of carboxylic acids is 1. The Morgan fingerprint density at radius 2 is 2.00 bits per heavy atom. The predicted octanol–water partition coefficient (Wildman–Crippen LogP) is 4.17. The number of allylic oxidation sites excluding steroid dienone is 1. The Kier molecular flexibility index (Phi) is 5.20. The number of nitrogens with zero attached hydrogens (tertiary/aromatic N) is 2. The van der Waals surface area contributed by atoms with Crippen LogP contribution in [0.15, 0.2) is 36.0 Å². The lowest BCUT2D eigenvalue weighted by Crippen LogP contribution is -2.66. The van der Waals surface area contributed by atoms with Gasteiger partial charge < -0.3 is 29.2 Å². The van der Waals surface area contributed by atoms with Gasteiger partial charge in [-0.1, -0.05) is 25.5 Å². The lowest BCUT2D eigenvalue weighted by atomic mass is 9.45. The summed E-state index contributed by atoms with van der Waals surface area (Å²) in [5.41, 5.74) is 3.42. The molecule has 1 aromatic carbocycles. The summed E-state index contributed by atoms with van der Waals surface area (Å²) in [6.45, 7) is 5.41. The second-order valence-electron chi connectivity index (χ2n) is 13.2. The molecule has 212 valence electrons. The zero-order valence-corrected chi connectivity index (χ0v) is 23.0. The minimum atomic E-state index is -0.952. The molecule has 1 aromatic heterocycles. The first-order valence-electron chi connectivity index (χ1n) is 14.5. The van der Waals surface area contributed by atoms with Crippen molar-refractivity contribution in [1.29, 1.82) is 0 Å². The quantitative estimate of drug-likeness (QED) is 0.575. The van der Waals surface area contributed by atoms with Gasteiger partial charge in [0.1, 0.15) is 12.2 Å². The van der Waals surface area contributed by atoms with E-state index >= 15 is 0 Å². The van der Waals surface area contributed by atoms with E-state index in [-0.39, 0.29) is 35.9 Å². The van der Waals surface area contributed by atoms with E-state index in [1.807, 2.05) is 16.9 Å². The molecule has 0 radical (unpaired) electrons. The Balaban J connectivity index is 1.15. The van der Waals surface area contributed by atoms with E-state index in [9.17, 15) is 15.0 Å². The molecule has 0 amide bonds. The normalized spacial score (nSPS) is 43.3. The third kappa shape index (κ3) is 3.00. The lowest BCUT2D eigenvalue weighted by molar-refractivity contribution is -0.257. The zero-order chi connectivity index (χ0) is 27.5. The number of benzene rings is 1. The van der Waals surface area contributed by atoms with E-state index < -0.39 is 23.5 Å². The van der Waals surface area contributed by atoms with Gasteiger partial charge in [0, 0.05) is 5.41 Å². The van der Waals surface area contributed by atoms with E-state index in [0.29, 0.717) is 24.9 Å². The van der Waals surface area contributed by atoms with Crippen molar-refractivity contribution in [2.45, 2.75) is 69.9 Å². The van der Waals surface area contributed by atoms with Gasteiger partial charge in [0.25, 0.3) is 0 Å². The van der Waals surface area contributed by atoms with Crippen LogP contribution in [0.1, 0.15) is 67.6 Å². The van der Waals surface area contributed by atoms with Crippen LogP contribution < -0.4 is 0 Å². The van der Waals surface area contributed by atoms with Gasteiger partial charge in [-0.2, -0.15) is 5.10 Å². The van der Waals surface area contributed by atoms with Crippen LogP contribution in [0.5, 0.6) is 0 Å². The summed E-state index contributed by atoms with van der Waals surface area (Å²) in [5.74, 6) is -0.954. The molecule has 3 heterocycles. The molecule has 2 aromatic rings. The van der Waals surface area contributed by atoms with E-state index in [4.69, 9.17) is 24.0 Å². The molecule has 3 saturated carbocycles. The van der Waals surface area contributed by atoms with Crippen molar-refractivity contribution in [2.24, 2.45) is 28.6 Å². The number of hydrogen-bond acceptors (Lipinski definition) is 7. The average molecular weight is 549 g/mol. The van der Waals surface area contributed by atoms with E-state index in [1.165, 1.54) is 5.57 Å². The third-order valence-corrected chi connectivity index (χ3v) is 11.8. The first-order chi connectivity index (χ1) is 19.2. The van der Waals surface area contributed by atoms with Crippen LogP contribution in [0.2, 0.25) is 0 Å². The number of rotatable bonds is 2. The smallest absolute Gasteiger partial charge is 0.335 e. The van der Waals surface area contributed by atoms with E-state index in [0.717, 1.165) is 49.0 Å². The molecule has 4 aliphatic carbocycles. The van der Waals surface area contributed by atoms with Crippen molar-refractivity contribution in [1.82, 2.24) is 9.78 Å². The molecule has 6 aliphatic rings. The number of aromatic nitrogens is 2. The molecule has 2 N–H and O–H groups in total. The molecule has 2 unspecified atom stereocenters. The fourth-order valence-corrected chi connectivity index (χ4v) is 10.1. The van der Waals surface area contributed by atoms with E-state index in [2.05, 4.69) is 19.9 Å². The fraction of sp³-hybridized carbons (Fsp3) is 0.613. The molecule has 2 spiro atoms. The second-order valence-corrected chi connectivity index (χ2v) is 13.2. The number of aliphatic hydroxyl groups is 1. The molecule has 2 aliphatic heterocycles. The number of aliphatic hydroxyl groups excluding tert-OH is 1. The number of carbonyl (C=O) groups is 1. The lowest BCUT2D eigenvalue weighted by Gasteiger charge is -2.61. The minimum absolute atomic E-state index is 0.131. The second kappa shape index (κ2) is 8.26. The highest BCUT2D eigenvalue weighted by atomic mass is 16.9. The van der Waals surface area contributed by atoms with Gasteiger partial charge in [0.15, 0.2) is 13.6 Å². The Hall–Kier alpha value is -2.56. The van der Waals surface area contributed by atoms with Crippen molar-refractivity contribution < 1.29 is 34.0 Å². The summed E-state index contributed by atoms with van der Waals surface area (Å²) in [5, 5.41) is 26.2. The maximum absolute atomic E-state index is 12.0. The third-order valence-electron chi connectivity index (χ3n) is 11.8. The highest BCUT2D eigenvalue weighted by molar-refractivity contribution is 5.88. The van der Waals surface area contributed by atoms with Gasteiger partial charge in [-0.3, -0.25) is 0 Å². The summed E-state index contributed by atoms with van der Waals surface area (Å²) >= 11 is 0. The van der Waals surface area contributed by atoms with Gasteiger partial charge in [-0.05, 0) is 91.5 Å². The van der Waals surface area contributed by atoms with Crippen LogP contribution in [-0.4, -0.2) is 63.6 Å². The monoisotopic (exact) mass is 548 g/mol. The number of ether oxygens (including phenoxy) is 4. The van der Waals surface area contributed by atoms with Crippen molar-refractivity contribution in [3.63, 3.8) is 0 Å². The van der Waals surface area contributed by atoms with Crippen LogP contribution in [-0.2, 0) is 25.4 Å². The Morgan fingerprint density at radius 1 is 1.15 bits per heavy atom. The summed E-state index contributed by atoms with van der Waals surface area (Å²) in [6.07, 6.45) is 9.00. The van der Waals surface area contributed by atoms with Gasteiger partial charge in [-0.15, -0.1) is 0 Å². The predicted molar refractivity (Wildman–Crippen MR) is 142 cm³/mol. The largest absolute Gasteiger partial charge is 0.478 e. The average Bonchev–Trinajstić information content (AvgIpc) is 3.71. The minimum Gasteiger partial charge on any atom is -0.478 e. The SMILES string of the molecule is C[C@]12Cc3cnn(-c4cccc(C(=O)O)c4)c3C=C1CC[C@@H]1C2[C@@H](O)C[C@@]2(C)C1CC[C@@]21OCO[C@@]12COCO2. The Bertz CT molecular complexity index is 1420. The standard InChI is InChI=1S/C31H36N2O7/c1-28-12-19-14-32-33(21-5-3-4-18(10-21)27(35)36)24(19)11-20(28)6-7-22-23-8-9-30(29(23,2)13-25(34)26(22)28)31(40-17-38-30)15-37-16-39-31/h3-5,10-11,14,22-23,25-26,34H,6-9,12-13,15-17H2,1-2H3,(H,35,36)/t22-,23?,25-,26?,28-,29-,30+,31-/m0/s1. The van der Waals surface area contributed by atoms with Crippen LogP contribution in [0.3, 0.4) is 0 Å². The maximum Gasteiger partial charge on any atom is 0.335 e. The summed E-state index contributed by atoms with van der Waals surface area (Å²) in [7, 11) is 0. The first kappa shape index (κ1) is 25.2. The number of fused-ring (bicyclic) bond motifs is 8. The summed E-state index contributed by atoms with van der Waals surface area (Å²) in [6, 6.07) is 6.92. The molecule has 8 atom stereocenters. The molecule has 40 heavy (non-hydrogen) atoms. The highest BCUT2D eigenvalue weighted by Crippen LogP contribution is 2.71. The number of hydrogen-bond donors (Lipinski definition) is 2. The van der Waals surface area contributed by atoms with Gasteiger partial charge in [0.05, 0.1) is 29.2 Å². The molecular formula is C31H36N2O7. The topological polar surface area (TPSA) is 112 Å². The van der Waals surface area contributed by atoms with Gasteiger partial charge in [-0.25, -0.2) is 9.48 Å². The first-order valence-corrected chi connectivity index (χ1v) is 14.5. The molecule has 0 bridgehead atoms. The van der Waals surface area contributed by atoms with Crippen molar-refractivity contribution in [3.05, 3.63) is 52.9 Å². The van der Waals surface area contributed by atoms with Crippen LogP contribution >= 0.6 is 0 Å². The Morgan fingerprint density at radius 3 is 2.80 bits per heavy atom. The van der Waals surface area contributed by atoms with Crippen LogP contribution in [0.25, 0.3) is 11.8 Å². The molecular weight excluding hydrogens is 512 g/mol. The van der Waals surface area contributed by atoms with Crippen molar-refractivity contribution in [2.75, 3.05) is 20.2 Å². The van der Waals surface area contributed by atoms with Crippen molar-refractivity contribution >= 4 is 12.0 Å².